The Bertz CT molecular complexity index is 409. The van der Waals surface area contributed by atoms with Crippen LogP contribution in [0.2, 0.25) is 0 Å². The highest BCUT2D eigenvalue weighted by Crippen LogP contribution is 2.24. The van der Waals surface area contributed by atoms with Gasteiger partial charge in [0.25, 0.3) is 0 Å². The number of aromatic hydroxyl groups is 1. The molecule has 18 heavy (non-hydrogen) atoms. The number of rotatable bonds is 6. The molecule has 0 amide bonds. The minimum absolute atomic E-state index is 0.277. The molecule has 98 valence electrons. The van der Waals surface area contributed by atoms with Crippen LogP contribution in [0, 0.1) is 11.8 Å². The lowest BCUT2D eigenvalue weighted by molar-refractivity contribution is 0.250. The second-order valence-corrected chi connectivity index (χ2v) is 4.47. The maximum absolute atomic E-state index is 9.51. The van der Waals surface area contributed by atoms with Crippen molar-refractivity contribution >= 4 is 8.60 Å². The molecule has 0 fully saturated rings. The van der Waals surface area contributed by atoms with E-state index in [1.807, 2.05) is 12.1 Å². The lowest BCUT2D eigenvalue weighted by atomic mass is 10.1. The molecule has 0 radical (unpaired) electrons. The Kier molecular flexibility index (Phi) is 7.40. The largest absolute Gasteiger partial charge is 0.508 e. The highest BCUT2D eigenvalue weighted by atomic mass is 31.2. The zero-order valence-corrected chi connectivity index (χ0v) is 10.9. The molecule has 5 heteroatoms. The van der Waals surface area contributed by atoms with E-state index in [1.165, 1.54) is 0 Å². The minimum atomic E-state index is -2.23. The van der Waals surface area contributed by atoms with Gasteiger partial charge in [-0.05, 0) is 18.9 Å². The standard InChI is InChI=1S/C13H17O4P/c14-13-10-6-5-9-12(13)8-4-2-1-3-7-11-17-18(15)16/h5-6,9-10,14-16H,1,3,7-8,11H2. The molecule has 0 saturated carbocycles. The molecule has 0 aliphatic heterocycles. The Hall–Kier alpha value is -1.11. The van der Waals surface area contributed by atoms with E-state index in [9.17, 15) is 5.11 Å². The third-order valence-electron chi connectivity index (χ3n) is 2.30. The van der Waals surface area contributed by atoms with Gasteiger partial charge in [-0.25, -0.2) is 0 Å². The zero-order chi connectivity index (χ0) is 13.2. The number of benzene rings is 1. The third kappa shape index (κ3) is 6.58. The Balaban J connectivity index is 2.14. The maximum Gasteiger partial charge on any atom is 0.327 e. The van der Waals surface area contributed by atoms with E-state index < -0.39 is 8.60 Å². The van der Waals surface area contributed by atoms with Crippen molar-refractivity contribution in [2.75, 3.05) is 6.61 Å². The molecule has 0 unspecified atom stereocenters. The molecule has 0 aliphatic carbocycles. The summed E-state index contributed by atoms with van der Waals surface area (Å²) in [6.45, 7) is 0.347. The predicted molar refractivity (Wildman–Crippen MR) is 70.7 cm³/mol. The van der Waals surface area contributed by atoms with Crippen molar-refractivity contribution in [2.45, 2.75) is 25.7 Å². The maximum atomic E-state index is 9.51. The predicted octanol–water partition coefficient (Wildman–Crippen LogP) is 2.34. The van der Waals surface area contributed by atoms with Gasteiger partial charge < -0.3 is 19.4 Å². The van der Waals surface area contributed by atoms with Gasteiger partial charge in [0.2, 0.25) is 0 Å². The first-order valence-corrected chi connectivity index (χ1v) is 6.90. The van der Waals surface area contributed by atoms with Crippen molar-refractivity contribution in [2.24, 2.45) is 0 Å². The summed E-state index contributed by atoms with van der Waals surface area (Å²) in [5, 5.41) is 9.51. The van der Waals surface area contributed by atoms with Crippen molar-refractivity contribution in [1.82, 2.24) is 0 Å². The van der Waals surface area contributed by atoms with Crippen molar-refractivity contribution in [3.8, 4) is 17.6 Å². The van der Waals surface area contributed by atoms with E-state index in [0.29, 0.717) is 13.0 Å². The van der Waals surface area contributed by atoms with Crippen molar-refractivity contribution < 1.29 is 19.4 Å². The summed E-state index contributed by atoms with van der Waals surface area (Å²) >= 11 is 0. The molecule has 1 rings (SSSR count). The van der Waals surface area contributed by atoms with E-state index in [1.54, 1.807) is 12.1 Å². The van der Waals surface area contributed by atoms with Crippen LogP contribution in [0.5, 0.6) is 5.75 Å². The Morgan fingerprint density at radius 1 is 1.11 bits per heavy atom. The summed E-state index contributed by atoms with van der Waals surface area (Å²) in [6, 6.07) is 7.15. The number of phenolic OH excluding ortho intramolecular Hbond substituents is 1. The van der Waals surface area contributed by atoms with E-state index in [-0.39, 0.29) is 5.75 Å². The zero-order valence-electron chi connectivity index (χ0n) is 10.0. The molecule has 4 nitrogen and oxygen atoms in total. The van der Waals surface area contributed by atoms with Gasteiger partial charge in [0, 0.05) is 18.4 Å². The lowest BCUT2D eigenvalue weighted by Gasteiger charge is -2.01. The van der Waals surface area contributed by atoms with Crippen LogP contribution in [-0.4, -0.2) is 21.5 Å². The summed E-state index contributed by atoms with van der Waals surface area (Å²) in [5.41, 5.74) is 0.833. The van der Waals surface area contributed by atoms with Crippen molar-refractivity contribution in [3.05, 3.63) is 29.8 Å². The van der Waals surface area contributed by atoms with Gasteiger partial charge in [0.05, 0.1) is 6.61 Å². The fourth-order valence-corrected chi connectivity index (χ4v) is 1.66. The second-order valence-electron chi connectivity index (χ2n) is 3.70. The van der Waals surface area contributed by atoms with E-state index in [0.717, 1.165) is 24.8 Å². The summed E-state index contributed by atoms with van der Waals surface area (Å²) in [5.74, 6) is 6.29. The van der Waals surface area contributed by atoms with Gasteiger partial charge in [0.15, 0.2) is 0 Å². The van der Waals surface area contributed by atoms with Crippen LogP contribution in [0.1, 0.15) is 24.8 Å². The fraction of sp³-hybridized carbons (Fsp3) is 0.385. The number of unbranched alkanes of at least 4 members (excludes halogenated alkanes) is 2. The smallest absolute Gasteiger partial charge is 0.327 e. The van der Waals surface area contributed by atoms with Crippen LogP contribution in [0.4, 0.5) is 0 Å². The molecule has 0 saturated heterocycles. The topological polar surface area (TPSA) is 69.9 Å². The van der Waals surface area contributed by atoms with E-state index >= 15 is 0 Å². The Morgan fingerprint density at radius 3 is 2.61 bits per heavy atom. The van der Waals surface area contributed by atoms with Gasteiger partial charge >= 0.3 is 8.60 Å². The summed E-state index contributed by atoms with van der Waals surface area (Å²) in [6.07, 6.45) is 2.90. The van der Waals surface area contributed by atoms with Crippen LogP contribution < -0.4 is 0 Å². The van der Waals surface area contributed by atoms with Gasteiger partial charge in [-0.1, -0.05) is 24.1 Å². The molecule has 0 bridgehead atoms. The summed E-state index contributed by atoms with van der Waals surface area (Å²) < 4.78 is 4.63. The van der Waals surface area contributed by atoms with E-state index in [2.05, 4.69) is 16.4 Å². The van der Waals surface area contributed by atoms with Gasteiger partial charge in [-0.3, -0.25) is 0 Å². The van der Waals surface area contributed by atoms with Crippen molar-refractivity contribution in [3.63, 3.8) is 0 Å². The quantitative estimate of drug-likeness (QED) is 0.421. The molecule has 1 aromatic carbocycles. The molecule has 0 aromatic heterocycles. The molecule has 0 heterocycles. The summed E-state index contributed by atoms with van der Waals surface area (Å²) in [7, 11) is -2.23. The average molecular weight is 268 g/mol. The van der Waals surface area contributed by atoms with Crippen LogP contribution in [0.3, 0.4) is 0 Å². The minimum Gasteiger partial charge on any atom is -0.508 e. The lowest BCUT2D eigenvalue weighted by Crippen LogP contribution is -1.88. The molecular weight excluding hydrogens is 251 g/mol. The van der Waals surface area contributed by atoms with E-state index in [4.69, 9.17) is 9.79 Å². The average Bonchev–Trinajstić information content (AvgIpc) is 2.34. The molecule has 0 atom stereocenters. The number of hydrogen-bond donors (Lipinski definition) is 3. The Morgan fingerprint density at radius 2 is 1.89 bits per heavy atom. The monoisotopic (exact) mass is 268 g/mol. The summed E-state index contributed by atoms with van der Waals surface area (Å²) in [4.78, 5) is 17.0. The molecule has 1 aromatic rings. The first-order chi connectivity index (χ1) is 8.70. The molecule has 0 spiro atoms. The fourth-order valence-electron chi connectivity index (χ4n) is 1.37. The number of phenols is 1. The number of hydrogen-bond acceptors (Lipinski definition) is 4. The molecule has 3 N–H and O–H groups in total. The highest BCUT2D eigenvalue weighted by molar-refractivity contribution is 7.39. The van der Waals surface area contributed by atoms with Crippen LogP contribution in [-0.2, 0) is 10.9 Å². The van der Waals surface area contributed by atoms with Gasteiger partial charge in [-0.15, -0.1) is 5.92 Å². The van der Waals surface area contributed by atoms with Gasteiger partial charge in [0.1, 0.15) is 5.75 Å². The second kappa shape index (κ2) is 8.91. The van der Waals surface area contributed by atoms with Crippen LogP contribution >= 0.6 is 8.60 Å². The number of para-hydroxylation sites is 1. The highest BCUT2D eigenvalue weighted by Gasteiger charge is 1.97. The van der Waals surface area contributed by atoms with Crippen molar-refractivity contribution in [1.29, 1.82) is 0 Å². The third-order valence-corrected chi connectivity index (χ3v) is 2.71. The Labute approximate surface area is 108 Å². The molecule has 0 aliphatic rings. The SMILES string of the molecule is Oc1ccccc1CC#CCCCCOP(O)O. The first kappa shape index (κ1) is 14.9. The molecular formula is C13H17O4P. The van der Waals surface area contributed by atoms with Gasteiger partial charge in [-0.2, -0.15) is 0 Å². The first-order valence-electron chi connectivity index (χ1n) is 5.73. The van der Waals surface area contributed by atoms with Crippen LogP contribution in [0.25, 0.3) is 0 Å². The van der Waals surface area contributed by atoms with Crippen LogP contribution in [0.15, 0.2) is 24.3 Å². The normalized spacial score (nSPS) is 10.2.